The Labute approximate surface area is 104 Å². The summed E-state index contributed by atoms with van der Waals surface area (Å²) in [6.45, 7) is 4.05. The molecule has 0 saturated carbocycles. The van der Waals surface area contributed by atoms with Crippen LogP contribution in [-0.2, 0) is 0 Å². The Bertz CT molecular complexity index is 303. The molecule has 0 aliphatic carbocycles. The molecular formula is C15H24O2. The third-order valence-electron chi connectivity index (χ3n) is 3.28. The van der Waals surface area contributed by atoms with Gasteiger partial charge < -0.3 is 10.2 Å². The van der Waals surface area contributed by atoms with Gasteiger partial charge in [-0.1, -0.05) is 31.9 Å². The molecule has 0 aliphatic heterocycles. The van der Waals surface area contributed by atoms with Crippen molar-refractivity contribution in [3.8, 4) is 5.75 Å². The molecule has 0 radical (unpaired) electrons. The van der Waals surface area contributed by atoms with Gasteiger partial charge in [-0.15, -0.1) is 0 Å². The molecule has 0 aliphatic rings. The summed E-state index contributed by atoms with van der Waals surface area (Å²) in [6.07, 6.45) is 5.25. The zero-order chi connectivity index (χ0) is 12.7. The molecule has 0 heterocycles. The van der Waals surface area contributed by atoms with E-state index < -0.39 is 0 Å². The lowest BCUT2D eigenvalue weighted by Crippen LogP contribution is -2.01. The third kappa shape index (κ3) is 5.22. The Morgan fingerprint density at radius 1 is 1.06 bits per heavy atom. The molecule has 0 aromatic heterocycles. The van der Waals surface area contributed by atoms with E-state index in [-0.39, 0.29) is 6.10 Å². The van der Waals surface area contributed by atoms with E-state index in [1.165, 1.54) is 5.56 Å². The number of aliphatic hydroxyl groups is 1. The van der Waals surface area contributed by atoms with Gasteiger partial charge >= 0.3 is 0 Å². The zero-order valence-electron chi connectivity index (χ0n) is 10.9. The van der Waals surface area contributed by atoms with Crippen LogP contribution in [0.25, 0.3) is 0 Å². The average molecular weight is 236 g/mol. The van der Waals surface area contributed by atoms with Crippen molar-refractivity contribution in [2.45, 2.75) is 58.0 Å². The molecule has 2 heteroatoms. The number of hydrogen-bond donors (Lipinski definition) is 2. The maximum absolute atomic E-state index is 9.26. The molecule has 1 aromatic rings. The standard InChI is InChI=1S/C15H24O2/c1-3-13(7-5-4-6-12(2)16)14-8-10-15(17)11-9-14/h8-13,16-17H,3-7H2,1-2H3. The summed E-state index contributed by atoms with van der Waals surface area (Å²) >= 11 is 0. The van der Waals surface area contributed by atoms with Gasteiger partial charge in [0, 0.05) is 0 Å². The zero-order valence-corrected chi connectivity index (χ0v) is 10.9. The van der Waals surface area contributed by atoms with E-state index in [1.807, 2.05) is 19.1 Å². The molecule has 0 spiro atoms. The summed E-state index contributed by atoms with van der Waals surface area (Å²) in [7, 11) is 0. The van der Waals surface area contributed by atoms with Crippen LogP contribution in [0.2, 0.25) is 0 Å². The van der Waals surface area contributed by atoms with Crippen molar-refractivity contribution in [2.75, 3.05) is 0 Å². The van der Waals surface area contributed by atoms with E-state index in [0.717, 1.165) is 32.1 Å². The van der Waals surface area contributed by atoms with E-state index in [0.29, 0.717) is 11.7 Å². The quantitative estimate of drug-likeness (QED) is 0.706. The number of phenolic OH excluding ortho intramolecular Hbond substituents is 1. The summed E-state index contributed by atoms with van der Waals surface area (Å²) in [6, 6.07) is 7.54. The van der Waals surface area contributed by atoms with Gasteiger partial charge in [0.2, 0.25) is 0 Å². The fourth-order valence-corrected chi connectivity index (χ4v) is 2.18. The number of rotatable bonds is 7. The number of phenols is 1. The van der Waals surface area contributed by atoms with Gasteiger partial charge in [-0.05, 0) is 49.8 Å². The van der Waals surface area contributed by atoms with Crippen molar-refractivity contribution in [3.05, 3.63) is 29.8 Å². The number of hydrogen-bond acceptors (Lipinski definition) is 2. The first-order chi connectivity index (χ1) is 8.13. The van der Waals surface area contributed by atoms with E-state index in [4.69, 9.17) is 0 Å². The average Bonchev–Trinajstić information content (AvgIpc) is 2.30. The van der Waals surface area contributed by atoms with Crippen LogP contribution in [0.5, 0.6) is 5.75 Å². The van der Waals surface area contributed by atoms with Crippen molar-refractivity contribution >= 4 is 0 Å². The second kappa shape index (κ2) is 7.33. The fraction of sp³-hybridized carbons (Fsp3) is 0.600. The first-order valence-corrected chi connectivity index (χ1v) is 6.60. The first-order valence-electron chi connectivity index (χ1n) is 6.60. The summed E-state index contributed by atoms with van der Waals surface area (Å²) in [5.74, 6) is 0.905. The van der Waals surface area contributed by atoms with Crippen molar-refractivity contribution in [3.63, 3.8) is 0 Å². The molecule has 17 heavy (non-hydrogen) atoms. The summed E-state index contributed by atoms with van der Waals surface area (Å²) in [5, 5.41) is 18.5. The number of aromatic hydroxyl groups is 1. The maximum Gasteiger partial charge on any atom is 0.115 e. The molecule has 0 fully saturated rings. The Balaban J connectivity index is 2.40. The highest BCUT2D eigenvalue weighted by Gasteiger charge is 2.09. The minimum atomic E-state index is -0.177. The highest BCUT2D eigenvalue weighted by atomic mass is 16.3. The Hall–Kier alpha value is -1.02. The summed E-state index contributed by atoms with van der Waals surface area (Å²) in [4.78, 5) is 0. The lowest BCUT2D eigenvalue weighted by Gasteiger charge is -2.15. The van der Waals surface area contributed by atoms with E-state index >= 15 is 0 Å². The van der Waals surface area contributed by atoms with Gasteiger partial charge in [0.25, 0.3) is 0 Å². The van der Waals surface area contributed by atoms with Crippen LogP contribution in [0.3, 0.4) is 0 Å². The van der Waals surface area contributed by atoms with Crippen LogP contribution in [0.15, 0.2) is 24.3 Å². The maximum atomic E-state index is 9.26. The van der Waals surface area contributed by atoms with Gasteiger partial charge in [0.1, 0.15) is 5.75 Å². The highest BCUT2D eigenvalue weighted by Crippen LogP contribution is 2.27. The first kappa shape index (κ1) is 14.0. The molecule has 0 amide bonds. The second-order valence-corrected chi connectivity index (χ2v) is 4.83. The van der Waals surface area contributed by atoms with Crippen LogP contribution in [0.1, 0.15) is 57.4 Å². The molecule has 1 rings (SSSR count). The third-order valence-corrected chi connectivity index (χ3v) is 3.28. The smallest absolute Gasteiger partial charge is 0.115 e. The summed E-state index contributed by atoms with van der Waals surface area (Å²) < 4.78 is 0. The van der Waals surface area contributed by atoms with Crippen LogP contribution in [0.4, 0.5) is 0 Å². The largest absolute Gasteiger partial charge is 0.508 e. The van der Waals surface area contributed by atoms with Crippen LogP contribution in [-0.4, -0.2) is 16.3 Å². The van der Waals surface area contributed by atoms with Gasteiger partial charge in [0.05, 0.1) is 6.10 Å². The monoisotopic (exact) mass is 236 g/mol. The lowest BCUT2D eigenvalue weighted by atomic mass is 9.91. The second-order valence-electron chi connectivity index (χ2n) is 4.83. The molecular weight excluding hydrogens is 212 g/mol. The van der Waals surface area contributed by atoms with Gasteiger partial charge in [-0.2, -0.15) is 0 Å². The summed E-state index contributed by atoms with van der Waals surface area (Å²) in [5.41, 5.74) is 1.31. The number of benzene rings is 1. The highest BCUT2D eigenvalue weighted by molar-refractivity contribution is 5.28. The van der Waals surface area contributed by atoms with Crippen LogP contribution >= 0.6 is 0 Å². The fourth-order valence-electron chi connectivity index (χ4n) is 2.18. The minimum absolute atomic E-state index is 0.177. The SMILES string of the molecule is CCC(CCCCC(C)O)c1ccc(O)cc1. The van der Waals surface area contributed by atoms with Crippen molar-refractivity contribution in [2.24, 2.45) is 0 Å². The normalized spacial score (nSPS) is 14.5. The predicted molar refractivity (Wildman–Crippen MR) is 71.3 cm³/mol. The van der Waals surface area contributed by atoms with Crippen molar-refractivity contribution < 1.29 is 10.2 Å². The minimum Gasteiger partial charge on any atom is -0.508 e. The van der Waals surface area contributed by atoms with E-state index in [1.54, 1.807) is 12.1 Å². The molecule has 1 aromatic carbocycles. The predicted octanol–water partition coefficient (Wildman–Crippen LogP) is 3.83. The number of unbranched alkanes of at least 4 members (excludes halogenated alkanes) is 1. The van der Waals surface area contributed by atoms with Crippen LogP contribution in [0, 0.1) is 0 Å². The molecule has 0 saturated heterocycles. The van der Waals surface area contributed by atoms with Gasteiger partial charge in [0.15, 0.2) is 0 Å². The van der Waals surface area contributed by atoms with Gasteiger partial charge in [-0.25, -0.2) is 0 Å². The lowest BCUT2D eigenvalue weighted by molar-refractivity contribution is 0.180. The molecule has 96 valence electrons. The Morgan fingerprint density at radius 2 is 1.65 bits per heavy atom. The molecule has 2 atom stereocenters. The van der Waals surface area contributed by atoms with E-state index in [9.17, 15) is 10.2 Å². The molecule has 0 bridgehead atoms. The Morgan fingerprint density at radius 3 is 2.18 bits per heavy atom. The molecule has 2 N–H and O–H groups in total. The molecule has 2 unspecified atom stereocenters. The topological polar surface area (TPSA) is 40.5 Å². The van der Waals surface area contributed by atoms with Gasteiger partial charge in [-0.3, -0.25) is 0 Å². The van der Waals surface area contributed by atoms with Crippen molar-refractivity contribution in [1.29, 1.82) is 0 Å². The van der Waals surface area contributed by atoms with Crippen molar-refractivity contribution in [1.82, 2.24) is 0 Å². The van der Waals surface area contributed by atoms with Crippen LogP contribution < -0.4 is 0 Å². The Kier molecular flexibility index (Phi) is 6.06. The van der Waals surface area contributed by atoms with E-state index in [2.05, 4.69) is 6.92 Å². The molecule has 2 nitrogen and oxygen atoms in total. The number of aliphatic hydroxyl groups excluding tert-OH is 1.